The molecule has 1 unspecified atom stereocenters. The molecule has 3 aromatic rings. The number of aliphatic hydroxyl groups is 1. The van der Waals surface area contributed by atoms with Crippen LogP contribution >= 0.6 is 11.6 Å². The molecule has 0 saturated carbocycles. The highest BCUT2D eigenvalue weighted by atomic mass is 35.5. The van der Waals surface area contributed by atoms with Crippen molar-refractivity contribution in [1.29, 1.82) is 0 Å². The van der Waals surface area contributed by atoms with E-state index in [9.17, 15) is 41.0 Å². The molecule has 0 amide bonds. The first-order valence-corrected chi connectivity index (χ1v) is 12.2. The second kappa shape index (κ2) is 11.4. The minimum Gasteiger partial charge on any atom is -0.382 e. The number of hydrogen-bond acceptors (Lipinski definition) is 5. The number of nitrogens with zero attached hydrogens (tertiary/aromatic N) is 4. The number of allylic oxidation sites excluding steroid dienone is 2. The Kier molecular flexibility index (Phi) is 8.36. The van der Waals surface area contributed by atoms with Gasteiger partial charge in [0.1, 0.15) is 6.54 Å². The highest BCUT2D eigenvalue weighted by Crippen LogP contribution is 2.36. The average Bonchev–Trinajstić information content (AvgIpc) is 3.51. The molecule has 0 fully saturated rings. The van der Waals surface area contributed by atoms with Crippen molar-refractivity contribution in [2.75, 3.05) is 0 Å². The molecule has 1 aliphatic rings. The average molecular weight is 587 g/mol. The zero-order chi connectivity index (χ0) is 29.2. The molecule has 0 aliphatic carbocycles. The molecule has 4 rings (SSSR count). The Morgan fingerprint density at radius 2 is 1.77 bits per heavy atom. The zero-order valence-corrected chi connectivity index (χ0v) is 21.2. The molecule has 1 aromatic heterocycles. The van der Waals surface area contributed by atoms with Gasteiger partial charge in [0.05, 0.1) is 12.1 Å². The van der Waals surface area contributed by atoms with E-state index in [1.54, 1.807) is 6.08 Å². The fourth-order valence-electron chi connectivity index (χ4n) is 4.20. The van der Waals surface area contributed by atoms with Crippen LogP contribution in [0.2, 0.25) is 5.02 Å². The van der Waals surface area contributed by atoms with Crippen LogP contribution in [0.3, 0.4) is 0 Å². The van der Waals surface area contributed by atoms with E-state index in [0.29, 0.717) is 26.4 Å². The van der Waals surface area contributed by atoms with Gasteiger partial charge in [-0.3, -0.25) is 14.4 Å². The number of halogens is 7. The lowest BCUT2D eigenvalue weighted by Crippen LogP contribution is -2.37. The summed E-state index contributed by atoms with van der Waals surface area (Å²) in [4.78, 5) is 30.3. The molecule has 0 radical (unpaired) electrons. The van der Waals surface area contributed by atoms with Gasteiger partial charge < -0.3 is 5.11 Å². The van der Waals surface area contributed by atoms with E-state index < -0.39 is 54.5 Å². The number of alkyl halides is 6. The van der Waals surface area contributed by atoms with Crippen LogP contribution in [0.4, 0.5) is 26.3 Å². The number of carbonyl (C=O) groups is 1. The van der Waals surface area contributed by atoms with E-state index in [0.717, 1.165) is 12.1 Å². The van der Waals surface area contributed by atoms with Crippen LogP contribution in [-0.4, -0.2) is 43.7 Å². The summed E-state index contributed by atoms with van der Waals surface area (Å²) in [5.41, 5.74) is -1.23. The molecule has 0 spiro atoms. The number of aliphatic hydroxyl groups excluding tert-OH is 1. The molecule has 14 heteroatoms. The van der Waals surface area contributed by atoms with E-state index in [-0.39, 0.29) is 23.4 Å². The van der Waals surface area contributed by atoms with Crippen LogP contribution in [0.15, 0.2) is 70.1 Å². The summed E-state index contributed by atoms with van der Waals surface area (Å²) in [5, 5.41) is 14.0. The second-order valence-electron chi connectivity index (χ2n) is 9.03. The number of aromatic nitrogens is 3. The maximum Gasteiger partial charge on any atom is 0.416 e. The van der Waals surface area contributed by atoms with Crippen LogP contribution < -0.4 is 5.69 Å². The molecule has 0 saturated heterocycles. The lowest BCUT2D eigenvalue weighted by molar-refractivity contribution is -0.207. The number of benzene rings is 2. The third-order valence-corrected chi connectivity index (χ3v) is 6.41. The molecule has 1 aliphatic heterocycles. The molecule has 40 heavy (non-hydrogen) atoms. The highest BCUT2D eigenvalue weighted by Gasteiger charge is 2.39. The van der Waals surface area contributed by atoms with Crippen LogP contribution in [-0.2, 0) is 24.1 Å². The number of aliphatic imine (C=N–C) groups is 1. The Balaban J connectivity index is 1.66. The fraction of sp³-hybridized carbons (Fsp3) is 0.308. The second-order valence-corrected chi connectivity index (χ2v) is 9.47. The maximum atomic E-state index is 13.3. The van der Waals surface area contributed by atoms with Gasteiger partial charge >= 0.3 is 18.0 Å². The highest BCUT2D eigenvalue weighted by molar-refractivity contribution is 6.30. The summed E-state index contributed by atoms with van der Waals surface area (Å²) >= 11 is 5.87. The molecule has 1 N–H and O–H groups in total. The van der Waals surface area contributed by atoms with Crippen molar-refractivity contribution in [3.8, 4) is 11.4 Å². The van der Waals surface area contributed by atoms with Crippen LogP contribution in [0.5, 0.6) is 0 Å². The van der Waals surface area contributed by atoms with E-state index >= 15 is 0 Å². The predicted molar refractivity (Wildman–Crippen MR) is 134 cm³/mol. The molecule has 2 atom stereocenters. The summed E-state index contributed by atoms with van der Waals surface area (Å²) in [7, 11) is 0. The smallest absolute Gasteiger partial charge is 0.382 e. The van der Waals surface area contributed by atoms with Gasteiger partial charge in [-0.15, -0.1) is 5.10 Å². The van der Waals surface area contributed by atoms with Gasteiger partial charge in [-0.2, -0.15) is 26.3 Å². The number of rotatable bonds is 9. The largest absolute Gasteiger partial charge is 0.416 e. The Bertz CT molecular complexity index is 1510. The first-order chi connectivity index (χ1) is 18.7. The normalized spacial score (nSPS) is 15.2. The Hall–Kier alpha value is -3.71. The van der Waals surface area contributed by atoms with Gasteiger partial charge in [-0.1, -0.05) is 35.9 Å². The van der Waals surface area contributed by atoms with E-state index in [2.05, 4.69) is 10.1 Å². The minimum atomic E-state index is -5.03. The van der Waals surface area contributed by atoms with Crippen molar-refractivity contribution in [1.82, 2.24) is 14.3 Å². The van der Waals surface area contributed by atoms with Crippen molar-refractivity contribution in [2.45, 2.75) is 50.3 Å². The third-order valence-electron chi connectivity index (χ3n) is 6.16. The van der Waals surface area contributed by atoms with Crippen LogP contribution in [0, 0.1) is 0 Å². The van der Waals surface area contributed by atoms with Gasteiger partial charge in [0.15, 0.2) is 17.7 Å². The summed E-state index contributed by atoms with van der Waals surface area (Å²) in [6.07, 6.45) is -9.26. The Labute approximate surface area is 228 Å². The fourth-order valence-corrected chi connectivity index (χ4v) is 4.32. The standard InChI is InChI=1S/C26H21ClF6N4O3/c27-18-8-6-15(7-9-18)23-35-37(24(40)36(23)14-22(39)26(31,32)33)13-19(38)12-20(21-5-2-10-34-21)16-3-1-4-17(11-16)25(28,29)30/h1,3-11,20,22,39H,2,12-14H2/t20?,22-/m0/s1. The molecular weight excluding hydrogens is 566 g/mol. The topological polar surface area (TPSA) is 89.5 Å². The van der Waals surface area contributed by atoms with E-state index in [4.69, 9.17) is 11.6 Å². The number of ketones is 1. The number of hydrogen-bond donors (Lipinski definition) is 1. The summed E-state index contributed by atoms with van der Waals surface area (Å²) < 4.78 is 80.4. The lowest BCUT2D eigenvalue weighted by Gasteiger charge is -2.18. The Morgan fingerprint density at radius 1 is 1.07 bits per heavy atom. The van der Waals surface area contributed by atoms with Crippen molar-refractivity contribution in [3.05, 3.63) is 86.9 Å². The molecule has 2 heterocycles. The van der Waals surface area contributed by atoms with Crippen molar-refractivity contribution in [3.63, 3.8) is 0 Å². The van der Waals surface area contributed by atoms with Gasteiger partial charge in [0.2, 0.25) is 0 Å². The van der Waals surface area contributed by atoms with Crippen molar-refractivity contribution < 1.29 is 36.2 Å². The lowest BCUT2D eigenvalue weighted by atomic mass is 9.89. The molecule has 212 valence electrons. The summed E-state index contributed by atoms with van der Waals surface area (Å²) in [6, 6.07) is 10.1. The minimum absolute atomic E-state index is 0.182. The van der Waals surface area contributed by atoms with Crippen LogP contribution in [0.1, 0.15) is 29.9 Å². The van der Waals surface area contributed by atoms with Crippen molar-refractivity contribution in [2.24, 2.45) is 4.99 Å². The molecular formula is C26H21ClF6N4O3. The van der Waals surface area contributed by atoms with Crippen molar-refractivity contribution >= 4 is 23.6 Å². The van der Waals surface area contributed by atoms with Crippen LogP contribution in [0.25, 0.3) is 11.4 Å². The summed E-state index contributed by atoms with van der Waals surface area (Å²) in [6.45, 7) is -1.86. The van der Waals surface area contributed by atoms with Gasteiger partial charge in [-0.05, 0) is 35.9 Å². The number of Topliss-reactive ketones (excluding diaryl/α,β-unsaturated/α-hetero) is 1. The quantitative estimate of drug-likeness (QED) is 0.340. The summed E-state index contributed by atoms with van der Waals surface area (Å²) in [5.74, 6) is -1.74. The van der Waals surface area contributed by atoms with Gasteiger partial charge in [0.25, 0.3) is 0 Å². The molecule has 7 nitrogen and oxygen atoms in total. The predicted octanol–water partition coefficient (Wildman–Crippen LogP) is 5.41. The SMILES string of the molecule is O=C(CC(C1=CCC=N1)c1cccc(C(F)(F)F)c1)Cn1nc(-c2ccc(Cl)cc2)n(C[C@H](O)C(F)(F)F)c1=O. The van der Waals surface area contributed by atoms with Gasteiger partial charge in [-0.25, -0.2) is 9.48 Å². The Morgan fingerprint density at radius 3 is 2.38 bits per heavy atom. The zero-order valence-electron chi connectivity index (χ0n) is 20.5. The number of carbonyl (C=O) groups excluding carboxylic acids is 1. The third kappa shape index (κ3) is 6.70. The monoisotopic (exact) mass is 586 g/mol. The van der Waals surface area contributed by atoms with E-state index in [1.807, 2.05) is 0 Å². The maximum absolute atomic E-state index is 13.3. The first kappa shape index (κ1) is 29.3. The first-order valence-electron chi connectivity index (χ1n) is 11.8. The van der Waals surface area contributed by atoms with E-state index in [1.165, 1.54) is 42.6 Å². The van der Waals surface area contributed by atoms with Gasteiger partial charge in [0, 0.05) is 41.3 Å². The molecule has 0 bridgehead atoms. The molecule has 2 aromatic carbocycles.